The molecular weight excluding hydrogens is 346 g/mol. The first-order valence-electron chi connectivity index (χ1n) is 8.31. The summed E-state index contributed by atoms with van der Waals surface area (Å²) < 4.78 is 10.7. The third kappa shape index (κ3) is 4.84. The Bertz CT molecular complexity index is 987. The molecule has 3 rings (SSSR count). The zero-order valence-electron chi connectivity index (χ0n) is 15.3. The second-order valence-electron chi connectivity index (χ2n) is 6.51. The molecule has 138 valence electrons. The number of nitrogens with zero attached hydrogens (tertiary/aromatic N) is 3. The van der Waals surface area contributed by atoms with E-state index in [0.29, 0.717) is 17.5 Å². The number of benzene rings is 1. The van der Waals surface area contributed by atoms with Gasteiger partial charge in [-0.05, 0) is 31.9 Å². The van der Waals surface area contributed by atoms with Crippen LogP contribution in [0.5, 0.6) is 0 Å². The third-order valence-electron chi connectivity index (χ3n) is 3.53. The first kappa shape index (κ1) is 18.4. The molecule has 2 heterocycles. The van der Waals surface area contributed by atoms with Gasteiger partial charge in [-0.1, -0.05) is 41.4 Å². The fourth-order valence-electron chi connectivity index (χ4n) is 2.22. The Hall–Kier alpha value is -3.37. The van der Waals surface area contributed by atoms with Crippen molar-refractivity contribution in [2.24, 2.45) is 0 Å². The molecule has 1 amide bonds. The van der Waals surface area contributed by atoms with E-state index in [0.717, 1.165) is 5.56 Å². The second kappa shape index (κ2) is 7.48. The molecule has 0 aliphatic carbocycles. The van der Waals surface area contributed by atoms with Crippen molar-refractivity contribution in [2.75, 3.05) is 7.05 Å². The Morgan fingerprint density at radius 2 is 1.96 bits per heavy atom. The number of amides is 1. The van der Waals surface area contributed by atoms with E-state index in [2.05, 4.69) is 22.0 Å². The summed E-state index contributed by atoms with van der Waals surface area (Å²) in [5.41, 5.74) is -0.301. The van der Waals surface area contributed by atoms with Crippen molar-refractivity contribution < 1.29 is 18.8 Å². The molecule has 2 aromatic heterocycles. The van der Waals surface area contributed by atoms with Crippen LogP contribution in [0.15, 0.2) is 51.4 Å². The summed E-state index contributed by atoms with van der Waals surface area (Å²) in [6, 6.07) is 12.6. The Balaban J connectivity index is 1.67. The molecule has 0 unspecified atom stereocenters. The van der Waals surface area contributed by atoms with Gasteiger partial charge in [-0.2, -0.15) is 4.98 Å². The van der Waals surface area contributed by atoms with Crippen molar-refractivity contribution in [3.8, 4) is 23.2 Å². The summed E-state index contributed by atoms with van der Waals surface area (Å²) in [6.07, 6.45) is 0. The summed E-state index contributed by atoms with van der Waals surface area (Å²) in [7, 11) is 1.61. The second-order valence-corrected chi connectivity index (χ2v) is 6.51. The normalized spacial score (nSPS) is 11.0. The number of hydrogen-bond acceptors (Lipinski definition) is 6. The molecule has 0 saturated heterocycles. The fraction of sp³-hybridized carbons (Fsp3) is 0.250. The van der Waals surface area contributed by atoms with Crippen LogP contribution in [-0.2, 0) is 6.54 Å². The molecule has 0 spiro atoms. The average Bonchev–Trinajstić information content (AvgIpc) is 3.29. The molecule has 1 N–H and O–H groups in total. The molecule has 7 nitrogen and oxygen atoms in total. The number of carbonyl (C=O) groups excluding carboxylic acids is 1. The van der Waals surface area contributed by atoms with Crippen LogP contribution in [0, 0.1) is 11.8 Å². The van der Waals surface area contributed by atoms with E-state index < -0.39 is 5.60 Å². The van der Waals surface area contributed by atoms with Gasteiger partial charge in [-0.15, -0.1) is 0 Å². The lowest BCUT2D eigenvalue weighted by molar-refractivity contribution is 0.0737. The minimum absolute atomic E-state index is 0.139. The van der Waals surface area contributed by atoms with Gasteiger partial charge >= 0.3 is 0 Å². The maximum absolute atomic E-state index is 12.5. The highest BCUT2D eigenvalue weighted by molar-refractivity contribution is 5.91. The van der Waals surface area contributed by atoms with Gasteiger partial charge in [0.25, 0.3) is 5.91 Å². The molecule has 7 heteroatoms. The highest BCUT2D eigenvalue weighted by Gasteiger charge is 2.19. The summed E-state index contributed by atoms with van der Waals surface area (Å²) in [5.74, 6) is 6.21. The number of hydrogen-bond donors (Lipinski definition) is 1. The highest BCUT2D eigenvalue weighted by atomic mass is 16.5. The Morgan fingerprint density at radius 3 is 2.67 bits per heavy atom. The molecule has 27 heavy (non-hydrogen) atoms. The molecule has 0 bridgehead atoms. The standard InChI is InChI=1S/C20H19N3O4/c1-20(2,25)12-11-15-9-10-16(26-15)19(24)23(3)13-17-21-18(22-27-17)14-7-5-4-6-8-14/h4-10,25H,13H2,1-3H3. The smallest absolute Gasteiger partial charge is 0.289 e. The Labute approximate surface area is 156 Å². The maximum Gasteiger partial charge on any atom is 0.289 e. The molecule has 0 saturated carbocycles. The minimum Gasteiger partial charge on any atom is -0.443 e. The van der Waals surface area contributed by atoms with Crippen molar-refractivity contribution >= 4 is 5.91 Å². The molecule has 3 aromatic rings. The molecule has 0 atom stereocenters. The summed E-state index contributed by atoms with van der Waals surface area (Å²) in [6.45, 7) is 3.28. The molecule has 0 aliphatic heterocycles. The lowest BCUT2D eigenvalue weighted by Gasteiger charge is -2.12. The van der Waals surface area contributed by atoms with Gasteiger partial charge in [0, 0.05) is 12.6 Å². The quantitative estimate of drug-likeness (QED) is 0.715. The van der Waals surface area contributed by atoms with Crippen molar-refractivity contribution in [3.63, 3.8) is 0 Å². The van der Waals surface area contributed by atoms with Crippen LogP contribution in [-0.4, -0.2) is 38.7 Å². The lowest BCUT2D eigenvalue weighted by atomic mass is 10.1. The highest BCUT2D eigenvalue weighted by Crippen LogP contribution is 2.16. The Kier molecular flexibility index (Phi) is 5.10. The molecule has 0 aliphatic rings. The minimum atomic E-state index is -1.14. The van der Waals surface area contributed by atoms with Gasteiger partial charge in [0.2, 0.25) is 11.7 Å². The monoisotopic (exact) mass is 365 g/mol. The van der Waals surface area contributed by atoms with Gasteiger partial charge in [0.15, 0.2) is 11.5 Å². The van der Waals surface area contributed by atoms with E-state index in [1.807, 2.05) is 30.3 Å². The fourth-order valence-corrected chi connectivity index (χ4v) is 2.22. The first-order valence-corrected chi connectivity index (χ1v) is 8.31. The third-order valence-corrected chi connectivity index (χ3v) is 3.53. The first-order chi connectivity index (χ1) is 12.8. The number of aliphatic hydroxyl groups is 1. The predicted octanol–water partition coefficient (Wildman–Crippen LogP) is 2.72. The van der Waals surface area contributed by atoms with Crippen LogP contribution in [0.25, 0.3) is 11.4 Å². The lowest BCUT2D eigenvalue weighted by Crippen LogP contribution is -2.25. The van der Waals surface area contributed by atoms with Gasteiger partial charge in [-0.3, -0.25) is 4.79 Å². The van der Waals surface area contributed by atoms with E-state index in [1.54, 1.807) is 27.0 Å². The maximum atomic E-state index is 12.5. The van der Waals surface area contributed by atoms with Crippen molar-refractivity contribution in [3.05, 3.63) is 59.9 Å². The molecular formula is C20H19N3O4. The van der Waals surface area contributed by atoms with Crippen LogP contribution in [0.3, 0.4) is 0 Å². The Morgan fingerprint density at radius 1 is 1.22 bits per heavy atom. The van der Waals surface area contributed by atoms with Crippen molar-refractivity contribution in [1.82, 2.24) is 15.0 Å². The zero-order valence-corrected chi connectivity index (χ0v) is 15.3. The van der Waals surface area contributed by atoms with Crippen LogP contribution < -0.4 is 0 Å². The van der Waals surface area contributed by atoms with E-state index in [9.17, 15) is 9.90 Å². The van der Waals surface area contributed by atoms with Crippen molar-refractivity contribution in [2.45, 2.75) is 26.0 Å². The van der Waals surface area contributed by atoms with Crippen LogP contribution in [0.1, 0.15) is 36.1 Å². The van der Waals surface area contributed by atoms with Crippen LogP contribution >= 0.6 is 0 Å². The molecule has 0 radical (unpaired) electrons. The van der Waals surface area contributed by atoms with E-state index in [-0.39, 0.29) is 18.2 Å². The number of aromatic nitrogens is 2. The topological polar surface area (TPSA) is 92.6 Å². The van der Waals surface area contributed by atoms with E-state index in [1.165, 1.54) is 11.0 Å². The number of rotatable bonds is 4. The van der Waals surface area contributed by atoms with E-state index >= 15 is 0 Å². The van der Waals surface area contributed by atoms with Crippen LogP contribution in [0.4, 0.5) is 0 Å². The summed E-state index contributed by atoms with van der Waals surface area (Å²) >= 11 is 0. The summed E-state index contributed by atoms with van der Waals surface area (Å²) in [4.78, 5) is 18.2. The van der Waals surface area contributed by atoms with Crippen LogP contribution in [0.2, 0.25) is 0 Å². The van der Waals surface area contributed by atoms with Gasteiger partial charge in [-0.25, -0.2) is 0 Å². The molecule has 1 aromatic carbocycles. The SMILES string of the molecule is CN(Cc1nc(-c2ccccc2)no1)C(=O)c1ccc(C#CC(C)(C)O)o1. The van der Waals surface area contributed by atoms with Gasteiger partial charge in [0.1, 0.15) is 12.1 Å². The average molecular weight is 365 g/mol. The van der Waals surface area contributed by atoms with Crippen molar-refractivity contribution in [1.29, 1.82) is 0 Å². The molecule has 0 fully saturated rings. The van der Waals surface area contributed by atoms with E-state index in [4.69, 9.17) is 8.94 Å². The predicted molar refractivity (Wildman–Crippen MR) is 97.4 cm³/mol. The number of furan rings is 1. The van der Waals surface area contributed by atoms with Gasteiger partial charge < -0.3 is 18.9 Å². The van der Waals surface area contributed by atoms with Gasteiger partial charge in [0.05, 0.1) is 0 Å². The zero-order chi connectivity index (χ0) is 19.4. The largest absolute Gasteiger partial charge is 0.443 e. The summed E-state index contributed by atoms with van der Waals surface area (Å²) in [5, 5.41) is 13.6. The number of carbonyl (C=O) groups is 1.